The number of nitrogens with one attached hydrogen (secondary N) is 1. The number of carbonyl (C=O) groups is 2. The number of halogens is 2. The number of anilines is 2. The van der Waals surface area contributed by atoms with Gasteiger partial charge in [-0.05, 0) is 42.3 Å². The first-order valence-electron chi connectivity index (χ1n) is 8.13. The van der Waals surface area contributed by atoms with E-state index < -0.39 is 11.7 Å². The van der Waals surface area contributed by atoms with Gasteiger partial charge in [0.05, 0.1) is 11.6 Å². The molecule has 1 aliphatic heterocycles. The molecular weight excluding hydrogens is 343 g/mol. The van der Waals surface area contributed by atoms with Crippen LogP contribution < -0.4 is 10.2 Å². The second-order valence-electron chi connectivity index (χ2n) is 6.04. The van der Waals surface area contributed by atoms with Crippen LogP contribution in [-0.2, 0) is 16.0 Å². The van der Waals surface area contributed by atoms with Crippen molar-refractivity contribution in [2.24, 2.45) is 5.92 Å². The molecule has 130 valence electrons. The van der Waals surface area contributed by atoms with Gasteiger partial charge in [0.1, 0.15) is 5.82 Å². The largest absolute Gasteiger partial charge is 0.323 e. The van der Waals surface area contributed by atoms with Crippen LogP contribution in [0.15, 0.2) is 42.5 Å². The summed E-state index contributed by atoms with van der Waals surface area (Å²) in [6, 6.07) is 11.8. The highest BCUT2D eigenvalue weighted by Gasteiger charge is 2.35. The highest BCUT2D eigenvalue weighted by atomic mass is 35.5. The van der Waals surface area contributed by atoms with E-state index in [1.54, 1.807) is 4.90 Å². The Bertz CT molecular complexity index is 808. The van der Waals surface area contributed by atoms with Crippen LogP contribution in [0.3, 0.4) is 0 Å². The molecule has 1 aliphatic rings. The molecule has 3 rings (SSSR count). The van der Waals surface area contributed by atoms with Crippen molar-refractivity contribution in [3.8, 4) is 0 Å². The molecule has 2 amide bonds. The van der Waals surface area contributed by atoms with Crippen LogP contribution >= 0.6 is 11.6 Å². The highest BCUT2D eigenvalue weighted by molar-refractivity contribution is 6.30. The van der Waals surface area contributed by atoms with Crippen LogP contribution in [0, 0.1) is 11.7 Å². The Morgan fingerprint density at radius 1 is 1.28 bits per heavy atom. The van der Waals surface area contributed by atoms with Crippen LogP contribution in [0.25, 0.3) is 0 Å². The summed E-state index contributed by atoms with van der Waals surface area (Å²) in [6.07, 6.45) is 1.03. The van der Waals surface area contributed by atoms with Crippen molar-refractivity contribution in [2.75, 3.05) is 16.8 Å². The topological polar surface area (TPSA) is 49.4 Å². The van der Waals surface area contributed by atoms with E-state index in [0.717, 1.165) is 18.2 Å². The lowest BCUT2D eigenvalue weighted by Crippen LogP contribution is -2.28. The normalized spacial score (nSPS) is 17.0. The Balaban J connectivity index is 1.69. The third-order valence-electron chi connectivity index (χ3n) is 4.34. The van der Waals surface area contributed by atoms with E-state index in [9.17, 15) is 14.0 Å². The zero-order valence-corrected chi connectivity index (χ0v) is 14.5. The van der Waals surface area contributed by atoms with E-state index >= 15 is 0 Å². The summed E-state index contributed by atoms with van der Waals surface area (Å²) in [7, 11) is 0. The van der Waals surface area contributed by atoms with Crippen molar-refractivity contribution in [2.45, 2.75) is 19.8 Å². The van der Waals surface area contributed by atoms with Gasteiger partial charge in [0, 0.05) is 23.7 Å². The average Bonchev–Trinajstić information content (AvgIpc) is 2.99. The van der Waals surface area contributed by atoms with Crippen molar-refractivity contribution in [1.82, 2.24) is 0 Å². The molecule has 0 saturated carbocycles. The number of nitrogens with zero attached hydrogens (tertiary/aromatic N) is 1. The van der Waals surface area contributed by atoms with Gasteiger partial charge in [0.25, 0.3) is 0 Å². The minimum absolute atomic E-state index is 0.0626. The number of hydrogen-bond donors (Lipinski definition) is 1. The van der Waals surface area contributed by atoms with E-state index in [-0.39, 0.29) is 35.5 Å². The van der Waals surface area contributed by atoms with Crippen molar-refractivity contribution in [1.29, 1.82) is 0 Å². The fraction of sp³-hybridized carbons (Fsp3) is 0.263. The maximum Gasteiger partial charge on any atom is 0.229 e. The Kier molecular flexibility index (Phi) is 5.04. The fourth-order valence-electron chi connectivity index (χ4n) is 2.87. The number of benzene rings is 2. The van der Waals surface area contributed by atoms with Gasteiger partial charge < -0.3 is 10.2 Å². The molecule has 2 aromatic carbocycles. The third kappa shape index (κ3) is 3.82. The van der Waals surface area contributed by atoms with E-state index in [0.29, 0.717) is 0 Å². The summed E-state index contributed by atoms with van der Waals surface area (Å²) in [5, 5.41) is 2.80. The second-order valence-corrected chi connectivity index (χ2v) is 6.48. The maximum atomic E-state index is 13.8. The summed E-state index contributed by atoms with van der Waals surface area (Å²) >= 11 is 5.70. The standard InChI is InChI=1S/C19H18ClFN2O2/c1-2-12-3-6-15(7-4-12)23-11-13(9-18(23)24)19(25)22-17-8-5-14(20)10-16(17)21/h3-8,10,13H,2,9,11H2,1H3,(H,22,25)/t13-/m0/s1. The number of rotatable bonds is 4. The number of aryl methyl sites for hydroxylation is 1. The minimum atomic E-state index is -0.600. The van der Waals surface area contributed by atoms with Crippen molar-refractivity contribution < 1.29 is 14.0 Å². The van der Waals surface area contributed by atoms with Crippen molar-refractivity contribution in [3.63, 3.8) is 0 Å². The van der Waals surface area contributed by atoms with Gasteiger partial charge in [-0.2, -0.15) is 0 Å². The second kappa shape index (κ2) is 7.23. The van der Waals surface area contributed by atoms with Gasteiger partial charge in [0.2, 0.25) is 11.8 Å². The van der Waals surface area contributed by atoms with E-state index in [1.807, 2.05) is 24.3 Å². The summed E-state index contributed by atoms with van der Waals surface area (Å²) in [4.78, 5) is 26.2. The van der Waals surface area contributed by atoms with Crippen LogP contribution in [0.4, 0.5) is 15.8 Å². The monoisotopic (exact) mass is 360 g/mol. The molecule has 0 unspecified atom stereocenters. The van der Waals surface area contributed by atoms with E-state index in [4.69, 9.17) is 11.6 Å². The lowest BCUT2D eigenvalue weighted by molar-refractivity contribution is -0.122. The number of carbonyl (C=O) groups excluding carboxylic acids is 2. The lowest BCUT2D eigenvalue weighted by Gasteiger charge is -2.17. The molecule has 1 N–H and O–H groups in total. The van der Waals surface area contributed by atoms with E-state index in [2.05, 4.69) is 12.2 Å². The SMILES string of the molecule is CCc1ccc(N2C[C@@H](C(=O)Nc3ccc(Cl)cc3F)CC2=O)cc1. The molecule has 0 aliphatic carbocycles. The Morgan fingerprint density at radius 3 is 2.64 bits per heavy atom. The highest BCUT2D eigenvalue weighted by Crippen LogP contribution is 2.27. The molecule has 1 fully saturated rings. The molecule has 25 heavy (non-hydrogen) atoms. The van der Waals surface area contributed by atoms with Crippen LogP contribution in [0.1, 0.15) is 18.9 Å². The molecule has 6 heteroatoms. The summed E-state index contributed by atoms with van der Waals surface area (Å²) < 4.78 is 13.8. The maximum absolute atomic E-state index is 13.8. The summed E-state index contributed by atoms with van der Waals surface area (Å²) in [6.45, 7) is 2.34. The zero-order chi connectivity index (χ0) is 18.0. The van der Waals surface area contributed by atoms with E-state index in [1.165, 1.54) is 17.7 Å². The minimum Gasteiger partial charge on any atom is -0.323 e. The third-order valence-corrected chi connectivity index (χ3v) is 4.58. The van der Waals surface area contributed by atoms with Gasteiger partial charge in [-0.15, -0.1) is 0 Å². The molecule has 0 aromatic heterocycles. The zero-order valence-electron chi connectivity index (χ0n) is 13.8. The summed E-state index contributed by atoms with van der Waals surface area (Å²) in [5.74, 6) is -1.60. The smallest absolute Gasteiger partial charge is 0.229 e. The first-order valence-corrected chi connectivity index (χ1v) is 8.51. The molecule has 1 atom stereocenters. The average molecular weight is 361 g/mol. The van der Waals surface area contributed by atoms with Gasteiger partial charge >= 0.3 is 0 Å². The Hall–Kier alpha value is -2.40. The van der Waals surface area contributed by atoms with Crippen LogP contribution in [0.2, 0.25) is 5.02 Å². The molecule has 0 radical (unpaired) electrons. The van der Waals surface area contributed by atoms with Gasteiger partial charge in [-0.1, -0.05) is 30.7 Å². The molecule has 0 bridgehead atoms. The molecule has 1 saturated heterocycles. The van der Waals surface area contributed by atoms with Gasteiger partial charge in [-0.3, -0.25) is 9.59 Å². The molecular formula is C19H18ClFN2O2. The molecule has 4 nitrogen and oxygen atoms in total. The molecule has 0 spiro atoms. The summed E-state index contributed by atoms with van der Waals surface area (Å²) in [5.41, 5.74) is 2.02. The first-order chi connectivity index (χ1) is 12.0. The first kappa shape index (κ1) is 17.4. The van der Waals surface area contributed by atoms with Crippen LogP contribution in [-0.4, -0.2) is 18.4 Å². The van der Waals surface area contributed by atoms with Crippen LogP contribution in [0.5, 0.6) is 0 Å². The quantitative estimate of drug-likeness (QED) is 0.894. The fourth-order valence-corrected chi connectivity index (χ4v) is 3.03. The van der Waals surface area contributed by atoms with Crippen molar-refractivity contribution >= 4 is 34.8 Å². The molecule has 1 heterocycles. The predicted molar refractivity (Wildman–Crippen MR) is 96.3 cm³/mol. The van der Waals surface area contributed by atoms with Gasteiger partial charge in [-0.25, -0.2) is 4.39 Å². The number of hydrogen-bond acceptors (Lipinski definition) is 2. The molecule has 2 aromatic rings. The Morgan fingerprint density at radius 2 is 2.00 bits per heavy atom. The van der Waals surface area contributed by atoms with Crippen molar-refractivity contribution in [3.05, 3.63) is 58.9 Å². The lowest BCUT2D eigenvalue weighted by atomic mass is 10.1. The predicted octanol–water partition coefficient (Wildman–Crippen LogP) is 4.03. The Labute approximate surface area is 150 Å². The van der Waals surface area contributed by atoms with Gasteiger partial charge in [0.15, 0.2) is 0 Å². The number of amides is 2.